The van der Waals surface area contributed by atoms with E-state index in [0.29, 0.717) is 10.7 Å². The highest BCUT2D eigenvalue weighted by molar-refractivity contribution is 9.10. The minimum absolute atomic E-state index is 0.0646. The average Bonchev–Trinajstić information content (AvgIpc) is 2.10. The van der Waals surface area contributed by atoms with Crippen molar-refractivity contribution < 1.29 is 4.79 Å². The van der Waals surface area contributed by atoms with Crippen molar-refractivity contribution in [2.45, 2.75) is 6.42 Å². The van der Waals surface area contributed by atoms with Gasteiger partial charge in [0.1, 0.15) is 0 Å². The standard InChI is InChI=1S/C10H7BrClNO/c1-2-3-10(14)13-9-5-4-7(12)6-8(9)11/h1,4-6H,3H2,(H,13,14). The van der Waals surface area contributed by atoms with Gasteiger partial charge in [0.15, 0.2) is 0 Å². The van der Waals surface area contributed by atoms with Gasteiger partial charge >= 0.3 is 0 Å². The van der Waals surface area contributed by atoms with Crippen LogP contribution in [0, 0.1) is 12.3 Å². The molecule has 1 N–H and O–H groups in total. The summed E-state index contributed by atoms with van der Waals surface area (Å²) in [4.78, 5) is 11.1. The predicted octanol–water partition coefficient (Wildman–Crippen LogP) is 3.06. The molecule has 0 heterocycles. The van der Waals surface area contributed by atoms with Crippen LogP contribution in [0.15, 0.2) is 22.7 Å². The van der Waals surface area contributed by atoms with E-state index in [4.69, 9.17) is 18.0 Å². The minimum atomic E-state index is -0.212. The lowest BCUT2D eigenvalue weighted by Gasteiger charge is -2.05. The second-order valence-corrected chi connectivity index (χ2v) is 3.84. The van der Waals surface area contributed by atoms with Gasteiger partial charge in [0.2, 0.25) is 5.91 Å². The Morgan fingerprint density at radius 3 is 2.93 bits per heavy atom. The number of carbonyl (C=O) groups excluding carboxylic acids is 1. The van der Waals surface area contributed by atoms with Crippen molar-refractivity contribution in [1.82, 2.24) is 0 Å². The first-order valence-corrected chi connectivity index (χ1v) is 4.99. The second kappa shape index (κ2) is 5.04. The quantitative estimate of drug-likeness (QED) is 0.824. The Hall–Kier alpha value is -0.980. The third kappa shape index (κ3) is 3.06. The maximum absolute atomic E-state index is 11.1. The second-order valence-electron chi connectivity index (χ2n) is 2.55. The molecule has 0 saturated carbocycles. The third-order valence-corrected chi connectivity index (χ3v) is 2.36. The van der Waals surface area contributed by atoms with Crippen LogP contribution < -0.4 is 5.32 Å². The number of rotatable bonds is 2. The highest BCUT2D eigenvalue weighted by Gasteiger charge is 2.04. The van der Waals surface area contributed by atoms with Crippen LogP contribution in [0.25, 0.3) is 0 Å². The van der Waals surface area contributed by atoms with Gasteiger partial charge in [-0.15, -0.1) is 6.42 Å². The molecule has 0 aromatic heterocycles. The molecule has 0 spiro atoms. The summed E-state index contributed by atoms with van der Waals surface area (Å²) in [7, 11) is 0. The molecule has 14 heavy (non-hydrogen) atoms. The largest absolute Gasteiger partial charge is 0.324 e. The van der Waals surface area contributed by atoms with E-state index in [1.54, 1.807) is 18.2 Å². The molecule has 1 amide bonds. The van der Waals surface area contributed by atoms with Gasteiger partial charge in [-0.05, 0) is 34.1 Å². The lowest BCUT2D eigenvalue weighted by atomic mass is 10.3. The summed E-state index contributed by atoms with van der Waals surface area (Å²) in [5, 5.41) is 3.25. The molecule has 2 nitrogen and oxygen atoms in total. The van der Waals surface area contributed by atoms with E-state index in [0.717, 1.165) is 4.47 Å². The van der Waals surface area contributed by atoms with E-state index < -0.39 is 0 Å². The molecular weight excluding hydrogens is 265 g/mol. The van der Waals surface area contributed by atoms with Crippen LogP contribution in [0.1, 0.15) is 6.42 Å². The summed E-state index contributed by atoms with van der Waals surface area (Å²) >= 11 is 9.02. The molecule has 0 aliphatic carbocycles. The number of hydrogen-bond donors (Lipinski definition) is 1. The zero-order valence-electron chi connectivity index (χ0n) is 7.18. The van der Waals surface area contributed by atoms with E-state index in [2.05, 4.69) is 27.2 Å². The molecule has 0 fully saturated rings. The van der Waals surface area contributed by atoms with Crippen LogP contribution in [0.3, 0.4) is 0 Å². The molecule has 1 aromatic carbocycles. The van der Waals surface area contributed by atoms with Crippen molar-refractivity contribution in [3.63, 3.8) is 0 Å². The molecule has 1 rings (SSSR count). The van der Waals surface area contributed by atoms with E-state index >= 15 is 0 Å². The fourth-order valence-corrected chi connectivity index (χ4v) is 1.66. The van der Waals surface area contributed by atoms with E-state index in [1.165, 1.54) is 0 Å². The highest BCUT2D eigenvalue weighted by Crippen LogP contribution is 2.25. The van der Waals surface area contributed by atoms with Gasteiger partial charge in [-0.25, -0.2) is 0 Å². The monoisotopic (exact) mass is 271 g/mol. The van der Waals surface area contributed by atoms with Crippen LogP contribution in [-0.2, 0) is 4.79 Å². The van der Waals surface area contributed by atoms with Crippen molar-refractivity contribution >= 4 is 39.1 Å². The zero-order valence-corrected chi connectivity index (χ0v) is 9.52. The van der Waals surface area contributed by atoms with Gasteiger partial charge in [-0.3, -0.25) is 4.79 Å². The molecule has 0 atom stereocenters. The molecule has 4 heteroatoms. The first-order valence-electron chi connectivity index (χ1n) is 3.82. The Morgan fingerprint density at radius 2 is 2.36 bits per heavy atom. The van der Waals surface area contributed by atoms with Crippen LogP contribution in [0.5, 0.6) is 0 Å². The lowest BCUT2D eigenvalue weighted by Crippen LogP contribution is -2.10. The lowest BCUT2D eigenvalue weighted by molar-refractivity contribution is -0.115. The minimum Gasteiger partial charge on any atom is -0.324 e. The Bertz CT molecular complexity index is 398. The summed E-state index contributed by atoms with van der Waals surface area (Å²) in [6, 6.07) is 5.10. The number of carbonyl (C=O) groups is 1. The molecule has 0 aliphatic heterocycles. The number of terminal acetylenes is 1. The number of halogens is 2. The Balaban J connectivity index is 2.78. The van der Waals surface area contributed by atoms with Gasteiger partial charge < -0.3 is 5.32 Å². The van der Waals surface area contributed by atoms with Crippen molar-refractivity contribution in [1.29, 1.82) is 0 Å². The van der Waals surface area contributed by atoms with Crippen LogP contribution in [0.2, 0.25) is 5.02 Å². The Morgan fingerprint density at radius 1 is 1.64 bits per heavy atom. The molecule has 0 unspecified atom stereocenters. The van der Waals surface area contributed by atoms with Gasteiger partial charge in [0, 0.05) is 9.50 Å². The molecular formula is C10H7BrClNO. The van der Waals surface area contributed by atoms with E-state index in [9.17, 15) is 4.79 Å². The van der Waals surface area contributed by atoms with Gasteiger partial charge in [-0.2, -0.15) is 0 Å². The third-order valence-electron chi connectivity index (χ3n) is 1.47. The van der Waals surface area contributed by atoms with Crippen LogP contribution in [0.4, 0.5) is 5.69 Å². The van der Waals surface area contributed by atoms with Gasteiger partial charge in [0.25, 0.3) is 0 Å². The fourth-order valence-electron chi connectivity index (χ4n) is 0.878. The normalized spacial score (nSPS) is 9.21. The van der Waals surface area contributed by atoms with Crippen molar-refractivity contribution in [2.24, 2.45) is 0 Å². The molecule has 0 bridgehead atoms. The molecule has 0 aliphatic rings. The average molecular weight is 273 g/mol. The van der Waals surface area contributed by atoms with E-state index in [1.807, 2.05) is 0 Å². The highest BCUT2D eigenvalue weighted by atomic mass is 79.9. The molecule has 1 aromatic rings. The first kappa shape index (κ1) is 11.1. The number of nitrogens with one attached hydrogen (secondary N) is 1. The maximum atomic E-state index is 11.1. The molecule has 0 saturated heterocycles. The topological polar surface area (TPSA) is 29.1 Å². The Kier molecular flexibility index (Phi) is 3.99. The predicted molar refractivity (Wildman–Crippen MR) is 61.2 cm³/mol. The van der Waals surface area contributed by atoms with Gasteiger partial charge in [-0.1, -0.05) is 17.5 Å². The SMILES string of the molecule is C#CCC(=O)Nc1ccc(Cl)cc1Br. The van der Waals surface area contributed by atoms with Crippen molar-refractivity contribution in [3.05, 3.63) is 27.7 Å². The fraction of sp³-hybridized carbons (Fsp3) is 0.100. The number of hydrogen-bond acceptors (Lipinski definition) is 1. The molecule has 72 valence electrons. The smallest absolute Gasteiger partial charge is 0.236 e. The first-order chi connectivity index (χ1) is 6.63. The van der Waals surface area contributed by atoms with Crippen molar-refractivity contribution in [3.8, 4) is 12.3 Å². The van der Waals surface area contributed by atoms with Crippen molar-refractivity contribution in [2.75, 3.05) is 5.32 Å². The number of amides is 1. The summed E-state index contributed by atoms with van der Waals surface area (Å²) in [5.41, 5.74) is 0.662. The number of benzene rings is 1. The van der Waals surface area contributed by atoms with Crippen LogP contribution in [-0.4, -0.2) is 5.91 Å². The van der Waals surface area contributed by atoms with Gasteiger partial charge in [0.05, 0.1) is 12.1 Å². The van der Waals surface area contributed by atoms with E-state index in [-0.39, 0.29) is 12.3 Å². The maximum Gasteiger partial charge on any atom is 0.236 e. The summed E-state index contributed by atoms with van der Waals surface area (Å²) < 4.78 is 0.732. The summed E-state index contributed by atoms with van der Waals surface area (Å²) in [5.74, 6) is 2.05. The summed E-state index contributed by atoms with van der Waals surface area (Å²) in [6.45, 7) is 0. The number of anilines is 1. The van der Waals surface area contributed by atoms with Crippen LogP contribution >= 0.6 is 27.5 Å². The molecule has 0 radical (unpaired) electrons. The summed E-state index contributed by atoms with van der Waals surface area (Å²) in [6.07, 6.45) is 5.07. The Labute approximate surface area is 95.8 Å². The zero-order chi connectivity index (χ0) is 10.6.